The van der Waals surface area contributed by atoms with Gasteiger partial charge in [0.15, 0.2) is 0 Å². The number of aromatic nitrogens is 4. The van der Waals surface area contributed by atoms with E-state index in [4.69, 9.17) is 0 Å². The SMILES string of the molecule is CCN(CC)c1nc(NC)nc(Sc2ncccc2Br)n1. The lowest BCUT2D eigenvalue weighted by Crippen LogP contribution is -2.25. The van der Waals surface area contributed by atoms with Crippen LogP contribution in [0.15, 0.2) is 33.0 Å². The van der Waals surface area contributed by atoms with Gasteiger partial charge < -0.3 is 10.2 Å². The van der Waals surface area contributed by atoms with Crippen molar-refractivity contribution in [2.24, 2.45) is 0 Å². The maximum atomic E-state index is 4.53. The summed E-state index contributed by atoms with van der Waals surface area (Å²) in [7, 11) is 1.80. The Hall–Kier alpha value is -1.41. The molecule has 0 aromatic carbocycles. The Bertz CT molecular complexity index is 605. The van der Waals surface area contributed by atoms with Crippen LogP contribution in [0, 0.1) is 0 Å². The first-order chi connectivity index (χ1) is 10.2. The van der Waals surface area contributed by atoms with Crippen molar-refractivity contribution in [3.63, 3.8) is 0 Å². The Labute approximate surface area is 136 Å². The molecule has 0 amide bonds. The number of nitrogens with one attached hydrogen (secondary N) is 1. The second-order valence-electron chi connectivity index (χ2n) is 4.06. The summed E-state index contributed by atoms with van der Waals surface area (Å²) in [5.74, 6) is 1.23. The molecule has 0 spiro atoms. The number of anilines is 2. The van der Waals surface area contributed by atoms with Gasteiger partial charge in [-0.25, -0.2) is 4.98 Å². The van der Waals surface area contributed by atoms with Crippen molar-refractivity contribution >= 4 is 39.6 Å². The molecular formula is C13H17BrN6S. The molecule has 0 saturated heterocycles. The predicted molar refractivity (Wildman–Crippen MR) is 89.0 cm³/mol. The lowest BCUT2D eigenvalue weighted by molar-refractivity contribution is 0.784. The first-order valence-corrected chi connectivity index (χ1v) is 8.26. The maximum absolute atomic E-state index is 4.53. The Balaban J connectivity index is 2.35. The van der Waals surface area contributed by atoms with Crippen LogP contribution >= 0.6 is 27.7 Å². The third-order valence-corrected chi connectivity index (χ3v) is 4.57. The average molecular weight is 369 g/mol. The van der Waals surface area contributed by atoms with E-state index in [1.165, 1.54) is 11.8 Å². The molecule has 112 valence electrons. The summed E-state index contributed by atoms with van der Waals surface area (Å²) in [4.78, 5) is 19.7. The van der Waals surface area contributed by atoms with Crippen LogP contribution in [0.5, 0.6) is 0 Å². The first-order valence-electron chi connectivity index (χ1n) is 6.65. The van der Waals surface area contributed by atoms with Gasteiger partial charge >= 0.3 is 0 Å². The summed E-state index contributed by atoms with van der Waals surface area (Å²) < 4.78 is 0.922. The summed E-state index contributed by atoms with van der Waals surface area (Å²) in [6.07, 6.45) is 1.75. The van der Waals surface area contributed by atoms with Crippen LogP contribution in [0.1, 0.15) is 13.8 Å². The van der Waals surface area contributed by atoms with E-state index in [1.54, 1.807) is 13.2 Å². The van der Waals surface area contributed by atoms with E-state index in [0.29, 0.717) is 17.1 Å². The van der Waals surface area contributed by atoms with Crippen LogP contribution in [0.2, 0.25) is 0 Å². The Morgan fingerprint density at radius 3 is 2.62 bits per heavy atom. The zero-order chi connectivity index (χ0) is 15.2. The molecule has 0 aliphatic carbocycles. The zero-order valence-electron chi connectivity index (χ0n) is 12.2. The molecule has 2 aromatic rings. The lowest BCUT2D eigenvalue weighted by atomic mass is 10.5. The van der Waals surface area contributed by atoms with Crippen molar-refractivity contribution in [1.29, 1.82) is 0 Å². The topological polar surface area (TPSA) is 66.8 Å². The fraction of sp³-hybridized carbons (Fsp3) is 0.385. The molecule has 2 aromatic heterocycles. The quantitative estimate of drug-likeness (QED) is 0.839. The van der Waals surface area contributed by atoms with Gasteiger partial charge in [-0.1, -0.05) is 0 Å². The van der Waals surface area contributed by atoms with Gasteiger partial charge in [0.05, 0.1) is 4.47 Å². The molecule has 0 saturated carbocycles. The van der Waals surface area contributed by atoms with E-state index in [9.17, 15) is 0 Å². The van der Waals surface area contributed by atoms with Crippen molar-refractivity contribution in [1.82, 2.24) is 19.9 Å². The summed E-state index contributed by atoms with van der Waals surface area (Å²) in [5, 5.41) is 4.43. The number of hydrogen-bond donors (Lipinski definition) is 1. The number of nitrogens with zero attached hydrogens (tertiary/aromatic N) is 5. The standard InChI is InChI=1S/C13H17BrN6S/c1-4-20(5-2)12-17-11(15-3)18-13(19-12)21-10-9(14)7-6-8-16-10/h6-8H,4-5H2,1-3H3,(H,15,17,18,19). The second-order valence-corrected chi connectivity index (χ2v) is 5.87. The van der Waals surface area contributed by atoms with Gasteiger partial charge in [-0.2, -0.15) is 15.0 Å². The van der Waals surface area contributed by atoms with E-state index in [0.717, 1.165) is 22.6 Å². The number of hydrogen-bond acceptors (Lipinski definition) is 7. The summed E-state index contributed by atoms with van der Waals surface area (Å²) in [5.41, 5.74) is 0. The van der Waals surface area contributed by atoms with Crippen molar-refractivity contribution in [2.75, 3.05) is 30.4 Å². The fourth-order valence-corrected chi connectivity index (χ4v) is 2.89. The smallest absolute Gasteiger partial charge is 0.231 e. The highest BCUT2D eigenvalue weighted by Gasteiger charge is 2.13. The molecule has 0 fully saturated rings. The number of halogens is 1. The lowest BCUT2D eigenvalue weighted by Gasteiger charge is -2.19. The van der Waals surface area contributed by atoms with Crippen LogP contribution in [-0.4, -0.2) is 40.1 Å². The van der Waals surface area contributed by atoms with Crippen molar-refractivity contribution in [2.45, 2.75) is 24.0 Å². The van der Waals surface area contributed by atoms with Gasteiger partial charge in [0, 0.05) is 26.3 Å². The van der Waals surface area contributed by atoms with E-state index < -0.39 is 0 Å². The highest BCUT2D eigenvalue weighted by molar-refractivity contribution is 9.10. The van der Waals surface area contributed by atoms with Gasteiger partial charge in [-0.15, -0.1) is 0 Å². The van der Waals surface area contributed by atoms with Crippen LogP contribution in [0.4, 0.5) is 11.9 Å². The minimum absolute atomic E-state index is 0.557. The molecular weight excluding hydrogens is 352 g/mol. The van der Waals surface area contributed by atoms with Gasteiger partial charge in [0.2, 0.25) is 17.1 Å². The monoisotopic (exact) mass is 368 g/mol. The van der Waals surface area contributed by atoms with Gasteiger partial charge in [0.25, 0.3) is 0 Å². The Kier molecular flexibility index (Phi) is 5.75. The summed E-state index contributed by atoms with van der Waals surface area (Å²) in [6.45, 7) is 5.85. The summed E-state index contributed by atoms with van der Waals surface area (Å²) >= 11 is 4.89. The van der Waals surface area contributed by atoms with Gasteiger partial charge in [-0.05, 0) is 53.7 Å². The van der Waals surface area contributed by atoms with Crippen LogP contribution in [0.3, 0.4) is 0 Å². The maximum Gasteiger partial charge on any atom is 0.231 e. The Morgan fingerprint density at radius 2 is 2.00 bits per heavy atom. The van der Waals surface area contributed by atoms with Crippen LogP contribution in [0.25, 0.3) is 0 Å². The predicted octanol–water partition coefficient (Wildman–Crippen LogP) is 3.07. The molecule has 0 bridgehead atoms. The third-order valence-electron chi connectivity index (χ3n) is 2.79. The fourth-order valence-electron chi connectivity index (χ4n) is 1.68. The molecule has 8 heteroatoms. The molecule has 0 aliphatic heterocycles. The summed E-state index contributed by atoms with van der Waals surface area (Å²) in [6, 6.07) is 3.82. The zero-order valence-corrected chi connectivity index (χ0v) is 14.6. The molecule has 0 atom stereocenters. The molecule has 2 heterocycles. The Morgan fingerprint density at radius 1 is 1.24 bits per heavy atom. The largest absolute Gasteiger partial charge is 0.357 e. The molecule has 1 N–H and O–H groups in total. The van der Waals surface area contributed by atoms with Gasteiger partial charge in [0.1, 0.15) is 5.03 Å². The van der Waals surface area contributed by atoms with Crippen molar-refractivity contribution in [3.05, 3.63) is 22.8 Å². The van der Waals surface area contributed by atoms with Crippen LogP contribution < -0.4 is 10.2 Å². The second kappa shape index (κ2) is 7.56. The van der Waals surface area contributed by atoms with Crippen molar-refractivity contribution in [3.8, 4) is 0 Å². The van der Waals surface area contributed by atoms with Gasteiger partial charge in [-0.3, -0.25) is 0 Å². The van der Waals surface area contributed by atoms with Crippen LogP contribution in [-0.2, 0) is 0 Å². The highest BCUT2D eigenvalue weighted by atomic mass is 79.9. The molecule has 21 heavy (non-hydrogen) atoms. The normalized spacial score (nSPS) is 10.5. The number of pyridine rings is 1. The number of rotatable bonds is 6. The molecule has 0 radical (unpaired) electrons. The third kappa shape index (κ3) is 4.04. The van der Waals surface area contributed by atoms with Crippen molar-refractivity contribution < 1.29 is 0 Å². The molecule has 6 nitrogen and oxygen atoms in total. The van der Waals surface area contributed by atoms with E-state index >= 15 is 0 Å². The minimum Gasteiger partial charge on any atom is -0.357 e. The molecule has 0 aliphatic rings. The average Bonchev–Trinajstić information content (AvgIpc) is 2.50. The van der Waals surface area contributed by atoms with E-state index in [1.807, 2.05) is 12.1 Å². The minimum atomic E-state index is 0.557. The first kappa shape index (κ1) is 16.0. The van der Waals surface area contributed by atoms with E-state index in [-0.39, 0.29) is 0 Å². The highest BCUT2D eigenvalue weighted by Crippen LogP contribution is 2.30. The molecule has 2 rings (SSSR count). The molecule has 0 unspecified atom stereocenters. The van der Waals surface area contributed by atoms with E-state index in [2.05, 4.69) is 59.9 Å².